The molecule has 28 heavy (non-hydrogen) atoms. The molecule has 0 aliphatic heterocycles. The summed E-state index contributed by atoms with van der Waals surface area (Å²) < 4.78 is 15.3. The second-order valence-electron chi connectivity index (χ2n) is 7.23. The smallest absolute Gasteiger partial charge is 0.340 e. The second kappa shape index (κ2) is 11.3. The largest absolute Gasteiger partial charge is 0.494 e. The van der Waals surface area contributed by atoms with Crippen molar-refractivity contribution in [1.29, 1.82) is 0 Å². The lowest BCUT2D eigenvalue weighted by molar-refractivity contribution is -0.159. The fraction of sp³-hybridized carbons (Fsp3) is 0.571. The number of amides is 1. The number of benzene rings is 1. The first-order valence-corrected chi connectivity index (χ1v) is 9.55. The van der Waals surface area contributed by atoms with Crippen molar-refractivity contribution in [3.05, 3.63) is 29.8 Å². The van der Waals surface area contributed by atoms with Gasteiger partial charge in [-0.25, -0.2) is 9.59 Å². The van der Waals surface area contributed by atoms with Crippen molar-refractivity contribution < 1.29 is 28.6 Å². The first-order chi connectivity index (χ1) is 13.2. The van der Waals surface area contributed by atoms with E-state index in [4.69, 9.17) is 14.2 Å². The van der Waals surface area contributed by atoms with Gasteiger partial charge in [-0.1, -0.05) is 32.9 Å². The third-order valence-corrected chi connectivity index (χ3v) is 3.89. The Morgan fingerprint density at radius 3 is 1.96 bits per heavy atom. The number of carbonyl (C=O) groups excluding carboxylic acids is 3. The number of carbonyl (C=O) groups is 3. The van der Waals surface area contributed by atoms with Crippen LogP contribution in [0.4, 0.5) is 0 Å². The minimum atomic E-state index is -1.45. The molecule has 0 aromatic heterocycles. The standard InChI is InChI=1S/C21H31NO6/c1-6-26-19(24)18(20(25)27-7-2)22-17(23)9-8-14-28-16-12-10-15(11-13-16)21(3,4)5/h10-13,18H,6-9,14H2,1-5H3,(H,22,23). The molecular formula is C21H31NO6. The Morgan fingerprint density at radius 1 is 0.964 bits per heavy atom. The number of ether oxygens (including phenoxy) is 3. The molecule has 0 bridgehead atoms. The van der Waals surface area contributed by atoms with Crippen LogP contribution in [0.5, 0.6) is 5.75 Å². The maximum absolute atomic E-state index is 12.1. The van der Waals surface area contributed by atoms with Crippen LogP contribution in [-0.4, -0.2) is 43.7 Å². The van der Waals surface area contributed by atoms with Crippen molar-refractivity contribution >= 4 is 17.8 Å². The van der Waals surface area contributed by atoms with Crippen LogP contribution in [0.1, 0.15) is 53.0 Å². The minimum absolute atomic E-state index is 0.0744. The summed E-state index contributed by atoms with van der Waals surface area (Å²) in [4.78, 5) is 35.7. The Morgan fingerprint density at radius 2 is 1.50 bits per heavy atom. The SMILES string of the molecule is CCOC(=O)C(NC(=O)CCCOc1ccc(C(C)(C)C)cc1)C(=O)OCC. The van der Waals surface area contributed by atoms with Gasteiger partial charge in [0.25, 0.3) is 0 Å². The summed E-state index contributed by atoms with van der Waals surface area (Å²) in [6.45, 7) is 10.2. The van der Waals surface area contributed by atoms with E-state index in [2.05, 4.69) is 26.1 Å². The normalized spacial score (nSPS) is 11.1. The predicted molar refractivity (Wildman–Crippen MR) is 105 cm³/mol. The highest BCUT2D eigenvalue weighted by Crippen LogP contribution is 2.24. The van der Waals surface area contributed by atoms with Gasteiger partial charge >= 0.3 is 11.9 Å². The lowest BCUT2D eigenvalue weighted by atomic mass is 9.87. The Hall–Kier alpha value is -2.57. The topological polar surface area (TPSA) is 90.9 Å². The fourth-order valence-corrected chi connectivity index (χ4v) is 2.37. The van der Waals surface area contributed by atoms with Crippen molar-refractivity contribution in [3.63, 3.8) is 0 Å². The Labute approximate surface area is 166 Å². The Balaban J connectivity index is 2.45. The van der Waals surface area contributed by atoms with E-state index in [0.29, 0.717) is 13.0 Å². The summed E-state index contributed by atoms with van der Waals surface area (Å²) >= 11 is 0. The summed E-state index contributed by atoms with van der Waals surface area (Å²) in [5.41, 5.74) is 1.29. The average Bonchev–Trinajstić information content (AvgIpc) is 2.63. The zero-order chi connectivity index (χ0) is 21.2. The van der Waals surface area contributed by atoms with Crippen LogP contribution in [0.15, 0.2) is 24.3 Å². The molecule has 0 fully saturated rings. The lowest BCUT2D eigenvalue weighted by Gasteiger charge is -2.19. The maximum atomic E-state index is 12.1. The van der Waals surface area contributed by atoms with Crippen LogP contribution in [0, 0.1) is 0 Å². The number of hydrogen-bond donors (Lipinski definition) is 1. The number of nitrogens with one attached hydrogen (secondary N) is 1. The molecule has 0 unspecified atom stereocenters. The van der Waals surface area contributed by atoms with E-state index >= 15 is 0 Å². The third kappa shape index (κ3) is 7.98. The highest BCUT2D eigenvalue weighted by molar-refractivity contribution is 6.02. The van der Waals surface area contributed by atoms with Gasteiger partial charge in [-0.3, -0.25) is 4.79 Å². The Bertz CT molecular complexity index is 630. The van der Waals surface area contributed by atoms with E-state index in [1.807, 2.05) is 24.3 Å². The molecule has 0 radical (unpaired) electrons. The second-order valence-corrected chi connectivity index (χ2v) is 7.23. The van der Waals surface area contributed by atoms with Gasteiger partial charge in [0.15, 0.2) is 0 Å². The van der Waals surface area contributed by atoms with Gasteiger partial charge in [-0.05, 0) is 43.4 Å². The molecule has 0 aliphatic rings. The predicted octanol–water partition coefficient (Wildman–Crippen LogP) is 2.75. The van der Waals surface area contributed by atoms with Crippen molar-refractivity contribution in [2.75, 3.05) is 19.8 Å². The monoisotopic (exact) mass is 393 g/mol. The molecule has 0 heterocycles. The van der Waals surface area contributed by atoms with Crippen molar-refractivity contribution in [1.82, 2.24) is 5.32 Å². The van der Waals surface area contributed by atoms with Gasteiger partial charge in [0.1, 0.15) is 5.75 Å². The van der Waals surface area contributed by atoms with E-state index in [-0.39, 0.29) is 25.0 Å². The number of esters is 2. The summed E-state index contributed by atoms with van der Waals surface area (Å²) in [5, 5.41) is 2.37. The molecule has 0 spiro atoms. The first kappa shape index (κ1) is 23.5. The van der Waals surface area contributed by atoms with Crippen LogP contribution < -0.4 is 10.1 Å². The molecule has 1 aromatic rings. The van der Waals surface area contributed by atoms with Crippen molar-refractivity contribution in [3.8, 4) is 5.75 Å². The van der Waals surface area contributed by atoms with Gasteiger partial charge in [-0.2, -0.15) is 0 Å². The zero-order valence-corrected chi connectivity index (χ0v) is 17.4. The molecular weight excluding hydrogens is 362 g/mol. The molecule has 156 valence electrons. The first-order valence-electron chi connectivity index (χ1n) is 9.55. The summed E-state index contributed by atoms with van der Waals surface area (Å²) in [7, 11) is 0. The van der Waals surface area contributed by atoms with Gasteiger partial charge in [0.2, 0.25) is 11.9 Å². The number of rotatable bonds is 10. The average molecular weight is 393 g/mol. The zero-order valence-electron chi connectivity index (χ0n) is 17.4. The van der Waals surface area contributed by atoms with Gasteiger partial charge in [-0.15, -0.1) is 0 Å². The third-order valence-electron chi connectivity index (χ3n) is 3.89. The molecule has 7 heteroatoms. The van der Waals surface area contributed by atoms with Crippen molar-refractivity contribution in [2.24, 2.45) is 0 Å². The molecule has 0 saturated carbocycles. The van der Waals surface area contributed by atoms with Gasteiger partial charge in [0, 0.05) is 6.42 Å². The van der Waals surface area contributed by atoms with Crippen LogP contribution in [-0.2, 0) is 29.3 Å². The molecule has 1 amide bonds. The van der Waals surface area contributed by atoms with E-state index < -0.39 is 23.9 Å². The molecule has 0 aliphatic carbocycles. The van der Waals surface area contributed by atoms with E-state index in [0.717, 1.165) is 5.75 Å². The summed E-state index contributed by atoms with van der Waals surface area (Å²) in [6.07, 6.45) is 0.542. The molecule has 0 atom stereocenters. The van der Waals surface area contributed by atoms with E-state index in [1.54, 1.807) is 13.8 Å². The van der Waals surface area contributed by atoms with E-state index in [1.165, 1.54) is 5.56 Å². The van der Waals surface area contributed by atoms with Gasteiger partial charge < -0.3 is 19.5 Å². The van der Waals surface area contributed by atoms with E-state index in [9.17, 15) is 14.4 Å². The highest BCUT2D eigenvalue weighted by Gasteiger charge is 2.31. The van der Waals surface area contributed by atoms with Crippen LogP contribution >= 0.6 is 0 Å². The van der Waals surface area contributed by atoms with Crippen LogP contribution in [0.2, 0.25) is 0 Å². The quantitative estimate of drug-likeness (QED) is 0.373. The van der Waals surface area contributed by atoms with Crippen molar-refractivity contribution in [2.45, 2.75) is 58.9 Å². The van der Waals surface area contributed by atoms with Crippen LogP contribution in [0.25, 0.3) is 0 Å². The molecule has 1 aromatic carbocycles. The number of hydrogen-bond acceptors (Lipinski definition) is 6. The molecule has 7 nitrogen and oxygen atoms in total. The molecule has 0 saturated heterocycles. The van der Waals surface area contributed by atoms with Crippen LogP contribution in [0.3, 0.4) is 0 Å². The highest BCUT2D eigenvalue weighted by atomic mass is 16.6. The lowest BCUT2D eigenvalue weighted by Crippen LogP contribution is -2.48. The summed E-state index contributed by atoms with van der Waals surface area (Å²) in [6, 6.07) is 6.39. The van der Waals surface area contributed by atoms with Gasteiger partial charge in [0.05, 0.1) is 19.8 Å². The summed E-state index contributed by atoms with van der Waals surface area (Å²) in [5.74, 6) is -1.38. The minimum Gasteiger partial charge on any atom is -0.494 e. The maximum Gasteiger partial charge on any atom is 0.340 e. The Kier molecular flexibility index (Phi) is 9.48. The fourth-order valence-electron chi connectivity index (χ4n) is 2.37. The molecule has 1 rings (SSSR count). The molecule has 1 N–H and O–H groups in total.